The fourth-order valence-electron chi connectivity index (χ4n) is 1.94. The van der Waals surface area contributed by atoms with E-state index in [0.29, 0.717) is 5.92 Å². The molecule has 0 aromatic heterocycles. The van der Waals surface area contributed by atoms with Crippen LogP contribution in [0.5, 0.6) is 0 Å². The van der Waals surface area contributed by atoms with Crippen molar-refractivity contribution in [2.24, 2.45) is 5.92 Å². The van der Waals surface area contributed by atoms with Gasteiger partial charge in [-0.25, -0.2) is 0 Å². The van der Waals surface area contributed by atoms with Gasteiger partial charge in [0, 0.05) is 6.04 Å². The third-order valence-corrected chi connectivity index (χ3v) is 3.59. The van der Waals surface area contributed by atoms with Gasteiger partial charge in [-0.1, -0.05) is 0 Å². The van der Waals surface area contributed by atoms with E-state index in [1.807, 2.05) is 20.8 Å². The van der Waals surface area contributed by atoms with Gasteiger partial charge in [0.15, 0.2) is 0 Å². The molecule has 1 saturated carbocycles. The summed E-state index contributed by atoms with van der Waals surface area (Å²) >= 11 is 0. The van der Waals surface area contributed by atoms with Gasteiger partial charge in [-0.05, 0) is 58.9 Å². The smallest absolute Gasteiger partial charge is 0.0741 e. The molecule has 1 atom stereocenters. The molecule has 0 aromatic carbocycles. The molecular formula is C12H25NO2. The molecule has 0 spiro atoms. The molecular weight excluding hydrogens is 190 g/mol. The van der Waals surface area contributed by atoms with Crippen molar-refractivity contribution in [1.29, 1.82) is 0 Å². The molecule has 3 N–H and O–H groups in total. The van der Waals surface area contributed by atoms with Crippen molar-refractivity contribution in [3.05, 3.63) is 0 Å². The van der Waals surface area contributed by atoms with Gasteiger partial charge in [0.05, 0.1) is 11.7 Å². The average molecular weight is 215 g/mol. The molecule has 1 aliphatic carbocycles. The van der Waals surface area contributed by atoms with Crippen LogP contribution in [0.2, 0.25) is 0 Å². The first-order chi connectivity index (χ1) is 6.89. The van der Waals surface area contributed by atoms with Gasteiger partial charge in [-0.15, -0.1) is 0 Å². The molecule has 0 aliphatic heterocycles. The van der Waals surface area contributed by atoms with Crippen LogP contribution in [0, 0.1) is 5.92 Å². The number of hydrogen-bond acceptors (Lipinski definition) is 3. The first-order valence-electron chi connectivity index (χ1n) is 6.03. The third-order valence-electron chi connectivity index (χ3n) is 3.59. The van der Waals surface area contributed by atoms with Crippen LogP contribution in [0.25, 0.3) is 0 Å². The Morgan fingerprint density at radius 1 is 1.27 bits per heavy atom. The molecule has 1 fully saturated rings. The molecule has 15 heavy (non-hydrogen) atoms. The van der Waals surface area contributed by atoms with E-state index in [-0.39, 0.29) is 12.1 Å². The zero-order chi connectivity index (χ0) is 11.5. The molecule has 3 nitrogen and oxygen atoms in total. The van der Waals surface area contributed by atoms with Gasteiger partial charge in [-0.2, -0.15) is 0 Å². The monoisotopic (exact) mass is 215 g/mol. The molecule has 3 heteroatoms. The van der Waals surface area contributed by atoms with Gasteiger partial charge in [-0.3, -0.25) is 0 Å². The molecule has 0 aromatic rings. The fourth-order valence-corrected chi connectivity index (χ4v) is 1.94. The molecule has 0 amide bonds. The molecule has 90 valence electrons. The highest BCUT2D eigenvalue weighted by Gasteiger charge is 2.24. The van der Waals surface area contributed by atoms with Crippen LogP contribution < -0.4 is 5.32 Å². The number of aliphatic hydroxyl groups is 2. The second-order valence-corrected chi connectivity index (χ2v) is 5.46. The van der Waals surface area contributed by atoms with Crippen molar-refractivity contribution in [3.8, 4) is 0 Å². The molecule has 1 unspecified atom stereocenters. The van der Waals surface area contributed by atoms with Crippen LogP contribution in [-0.4, -0.2) is 34.5 Å². The van der Waals surface area contributed by atoms with Gasteiger partial charge >= 0.3 is 0 Å². The molecule has 1 rings (SSSR count). The predicted octanol–water partition coefficient (Wildman–Crippen LogP) is 1.29. The van der Waals surface area contributed by atoms with Crippen LogP contribution >= 0.6 is 0 Å². The topological polar surface area (TPSA) is 52.5 Å². The van der Waals surface area contributed by atoms with Crippen molar-refractivity contribution in [1.82, 2.24) is 5.32 Å². The first-order valence-corrected chi connectivity index (χ1v) is 6.03. The van der Waals surface area contributed by atoms with Gasteiger partial charge in [0.2, 0.25) is 0 Å². The summed E-state index contributed by atoms with van der Waals surface area (Å²) in [6, 6.07) is 0.115. The highest BCUT2D eigenvalue weighted by atomic mass is 16.3. The number of rotatable bonds is 4. The van der Waals surface area contributed by atoms with Gasteiger partial charge in [0.25, 0.3) is 0 Å². The van der Waals surface area contributed by atoms with Crippen molar-refractivity contribution in [2.45, 2.75) is 64.2 Å². The minimum absolute atomic E-state index is 0.0760. The Labute approximate surface area is 92.9 Å². The van der Waals surface area contributed by atoms with Crippen molar-refractivity contribution >= 4 is 0 Å². The lowest BCUT2D eigenvalue weighted by atomic mass is 9.87. The lowest BCUT2D eigenvalue weighted by Gasteiger charge is -2.31. The SMILES string of the molecule is CC(NCC1CCC(O)CC1)C(C)(C)O. The summed E-state index contributed by atoms with van der Waals surface area (Å²) in [6.45, 7) is 6.63. The van der Waals surface area contributed by atoms with E-state index < -0.39 is 5.60 Å². The minimum atomic E-state index is -0.659. The standard InChI is InChI=1S/C12H25NO2/c1-9(12(2,3)15)13-8-10-4-6-11(14)7-5-10/h9-11,13-15H,4-8H2,1-3H3. The van der Waals surface area contributed by atoms with Gasteiger partial charge < -0.3 is 15.5 Å². The highest BCUT2D eigenvalue weighted by Crippen LogP contribution is 2.23. The summed E-state index contributed by atoms with van der Waals surface area (Å²) in [7, 11) is 0. The van der Waals surface area contributed by atoms with Gasteiger partial charge in [0.1, 0.15) is 0 Å². The van der Waals surface area contributed by atoms with E-state index in [1.165, 1.54) is 0 Å². The minimum Gasteiger partial charge on any atom is -0.393 e. The maximum Gasteiger partial charge on any atom is 0.0741 e. The van der Waals surface area contributed by atoms with Crippen LogP contribution in [0.1, 0.15) is 46.5 Å². The predicted molar refractivity (Wildman–Crippen MR) is 61.7 cm³/mol. The zero-order valence-electron chi connectivity index (χ0n) is 10.2. The second-order valence-electron chi connectivity index (χ2n) is 5.46. The van der Waals surface area contributed by atoms with E-state index in [2.05, 4.69) is 5.32 Å². The molecule has 0 saturated heterocycles. The Bertz CT molecular complexity index is 181. The third kappa shape index (κ3) is 4.49. The quantitative estimate of drug-likeness (QED) is 0.662. The molecule has 0 radical (unpaired) electrons. The van der Waals surface area contributed by atoms with E-state index >= 15 is 0 Å². The number of aliphatic hydroxyl groups excluding tert-OH is 1. The summed E-state index contributed by atoms with van der Waals surface area (Å²) in [5.74, 6) is 0.665. The highest BCUT2D eigenvalue weighted by molar-refractivity contribution is 4.81. The molecule has 0 bridgehead atoms. The van der Waals surface area contributed by atoms with Crippen LogP contribution in [-0.2, 0) is 0 Å². The van der Waals surface area contributed by atoms with E-state index in [0.717, 1.165) is 32.2 Å². The Morgan fingerprint density at radius 3 is 2.27 bits per heavy atom. The summed E-state index contributed by atoms with van der Waals surface area (Å²) in [5.41, 5.74) is -0.659. The molecule has 1 aliphatic rings. The Balaban J connectivity index is 2.20. The van der Waals surface area contributed by atoms with E-state index in [4.69, 9.17) is 0 Å². The van der Waals surface area contributed by atoms with Crippen LogP contribution in [0.15, 0.2) is 0 Å². The summed E-state index contributed by atoms with van der Waals surface area (Å²) in [6.07, 6.45) is 4.00. The van der Waals surface area contributed by atoms with Crippen LogP contribution in [0.4, 0.5) is 0 Å². The number of nitrogens with one attached hydrogen (secondary N) is 1. The number of hydrogen-bond donors (Lipinski definition) is 3. The normalized spacial score (nSPS) is 30.2. The maximum atomic E-state index is 9.76. The lowest BCUT2D eigenvalue weighted by Crippen LogP contribution is -2.46. The maximum absolute atomic E-state index is 9.76. The summed E-state index contributed by atoms with van der Waals surface area (Å²) < 4.78 is 0. The van der Waals surface area contributed by atoms with Crippen molar-refractivity contribution in [2.75, 3.05) is 6.54 Å². The second kappa shape index (κ2) is 5.28. The zero-order valence-corrected chi connectivity index (χ0v) is 10.2. The Hall–Kier alpha value is -0.120. The summed E-state index contributed by atoms with van der Waals surface area (Å²) in [4.78, 5) is 0. The first kappa shape index (κ1) is 12.9. The lowest BCUT2D eigenvalue weighted by molar-refractivity contribution is 0.0401. The van der Waals surface area contributed by atoms with Crippen LogP contribution in [0.3, 0.4) is 0 Å². The van der Waals surface area contributed by atoms with Crippen molar-refractivity contribution in [3.63, 3.8) is 0 Å². The summed E-state index contributed by atoms with van der Waals surface area (Å²) in [5, 5.41) is 22.5. The fraction of sp³-hybridized carbons (Fsp3) is 1.00. The molecule has 0 heterocycles. The Kier molecular flexibility index (Phi) is 4.56. The van der Waals surface area contributed by atoms with E-state index in [9.17, 15) is 10.2 Å². The largest absolute Gasteiger partial charge is 0.393 e. The Morgan fingerprint density at radius 2 is 1.80 bits per heavy atom. The van der Waals surface area contributed by atoms with Crippen molar-refractivity contribution < 1.29 is 10.2 Å². The van der Waals surface area contributed by atoms with E-state index in [1.54, 1.807) is 0 Å². The average Bonchev–Trinajstić information content (AvgIpc) is 2.15.